The lowest BCUT2D eigenvalue weighted by Crippen LogP contribution is -2.51. The van der Waals surface area contributed by atoms with Crippen LogP contribution in [0.2, 0.25) is 0 Å². The van der Waals surface area contributed by atoms with Gasteiger partial charge in [-0.3, -0.25) is 9.59 Å². The van der Waals surface area contributed by atoms with Crippen molar-refractivity contribution < 1.29 is 28.6 Å². The summed E-state index contributed by atoms with van der Waals surface area (Å²) in [6.07, 6.45) is 7.92. The van der Waals surface area contributed by atoms with Crippen LogP contribution in [0.15, 0.2) is 36.7 Å². The molecule has 0 radical (unpaired) electrons. The van der Waals surface area contributed by atoms with Gasteiger partial charge in [0.25, 0.3) is 0 Å². The number of methoxy groups -OCH3 is 1. The van der Waals surface area contributed by atoms with Crippen molar-refractivity contribution in [3.63, 3.8) is 0 Å². The van der Waals surface area contributed by atoms with Crippen LogP contribution < -0.4 is 14.8 Å². The van der Waals surface area contributed by atoms with Crippen molar-refractivity contribution in [1.29, 1.82) is 0 Å². The molecule has 2 fully saturated rings. The molecule has 3 N–H and O–H groups in total. The lowest BCUT2D eigenvalue weighted by Gasteiger charge is -2.30. The van der Waals surface area contributed by atoms with Crippen LogP contribution in [0.1, 0.15) is 94.2 Å². The Labute approximate surface area is 302 Å². The lowest BCUT2D eigenvalue weighted by atomic mass is 9.87. The predicted octanol–water partition coefficient (Wildman–Crippen LogP) is 6.43. The van der Waals surface area contributed by atoms with E-state index in [2.05, 4.69) is 33.5 Å². The van der Waals surface area contributed by atoms with E-state index in [-0.39, 0.29) is 29.8 Å². The fourth-order valence-electron chi connectivity index (χ4n) is 8.20. The number of ether oxygens (including phenoxy) is 3. The summed E-state index contributed by atoms with van der Waals surface area (Å²) in [5, 5.41) is 2.71. The Kier molecular flexibility index (Phi) is 8.88. The zero-order chi connectivity index (χ0) is 36.1. The highest BCUT2D eigenvalue weighted by Crippen LogP contribution is 2.51. The topological polar surface area (TPSA) is 155 Å². The van der Waals surface area contributed by atoms with E-state index in [4.69, 9.17) is 24.2 Å². The minimum Gasteiger partial charge on any atom is -0.488 e. The van der Waals surface area contributed by atoms with Crippen LogP contribution >= 0.6 is 0 Å². The molecule has 1 unspecified atom stereocenters. The molecule has 4 aliphatic rings. The number of aromatic amines is 2. The monoisotopic (exact) mass is 707 g/mol. The average Bonchev–Trinajstić information content (AvgIpc) is 3.98. The Balaban J connectivity index is 1.03. The van der Waals surface area contributed by atoms with Gasteiger partial charge in [-0.05, 0) is 62.3 Å². The quantitative estimate of drug-likeness (QED) is 0.180. The van der Waals surface area contributed by atoms with Gasteiger partial charge in [0, 0.05) is 52.9 Å². The number of H-pyrrole nitrogens is 2. The number of hydrogen-bond acceptors (Lipinski definition) is 8. The molecule has 272 valence electrons. The van der Waals surface area contributed by atoms with Gasteiger partial charge in [0.2, 0.25) is 11.8 Å². The third-order valence-corrected chi connectivity index (χ3v) is 10.8. The molecule has 13 heteroatoms. The number of carbonyl (C=O) groups excluding carboxylic acids is 3. The minimum atomic E-state index is -0.695. The summed E-state index contributed by atoms with van der Waals surface area (Å²) in [5.74, 6) is 3.07. The van der Waals surface area contributed by atoms with Crippen molar-refractivity contribution in [3.8, 4) is 45.1 Å². The summed E-state index contributed by atoms with van der Waals surface area (Å²) < 4.78 is 17.6. The highest BCUT2D eigenvalue weighted by Gasteiger charge is 2.38. The number of hydrogen-bond donors (Lipinski definition) is 3. The van der Waals surface area contributed by atoms with Gasteiger partial charge < -0.3 is 39.3 Å². The number of carbonyl (C=O) groups is 3. The first-order chi connectivity index (χ1) is 25.2. The zero-order valence-corrected chi connectivity index (χ0v) is 30.1. The zero-order valence-electron chi connectivity index (χ0n) is 30.1. The molecule has 52 heavy (non-hydrogen) atoms. The normalized spacial score (nSPS) is 19.2. The van der Waals surface area contributed by atoms with Crippen LogP contribution in [-0.2, 0) is 27.5 Å². The van der Waals surface area contributed by atoms with Gasteiger partial charge >= 0.3 is 6.09 Å². The molecule has 0 aliphatic carbocycles. The molecule has 4 aromatic rings. The number of nitrogens with one attached hydrogen (secondary N) is 3. The molecule has 13 nitrogen and oxygen atoms in total. The molecule has 0 spiro atoms. The molecule has 4 aliphatic heterocycles. The van der Waals surface area contributed by atoms with Gasteiger partial charge in [-0.25, -0.2) is 14.8 Å². The third kappa shape index (κ3) is 5.95. The first kappa shape index (κ1) is 33.8. The third-order valence-electron chi connectivity index (χ3n) is 10.8. The molecule has 2 saturated heterocycles. The summed E-state index contributed by atoms with van der Waals surface area (Å²) in [6.45, 7) is 7.98. The summed E-state index contributed by atoms with van der Waals surface area (Å²) in [7, 11) is 1.29. The van der Waals surface area contributed by atoms with Gasteiger partial charge in [0.15, 0.2) is 0 Å². The van der Waals surface area contributed by atoms with E-state index in [9.17, 15) is 14.4 Å². The molecular formula is C39H45N7O6. The number of imidazole rings is 2. The maximum Gasteiger partial charge on any atom is 0.407 e. The van der Waals surface area contributed by atoms with E-state index in [0.29, 0.717) is 32.0 Å². The van der Waals surface area contributed by atoms with E-state index in [1.54, 1.807) is 6.20 Å². The van der Waals surface area contributed by atoms with Gasteiger partial charge in [-0.1, -0.05) is 20.8 Å². The first-order valence-corrected chi connectivity index (χ1v) is 18.4. The van der Waals surface area contributed by atoms with Crippen LogP contribution in [0, 0.1) is 5.92 Å². The second kappa shape index (κ2) is 13.7. The van der Waals surface area contributed by atoms with Crippen molar-refractivity contribution >= 4 is 17.9 Å². The highest BCUT2D eigenvalue weighted by atomic mass is 16.5. The molecule has 0 saturated carbocycles. The number of nitrogens with zero attached hydrogens (tertiary/aromatic N) is 4. The van der Waals surface area contributed by atoms with Crippen molar-refractivity contribution in [2.75, 3.05) is 20.2 Å². The molecule has 3 amide bonds. The minimum absolute atomic E-state index is 0.0230. The van der Waals surface area contributed by atoms with E-state index < -0.39 is 12.1 Å². The Morgan fingerprint density at radius 1 is 0.865 bits per heavy atom. The predicted molar refractivity (Wildman–Crippen MR) is 192 cm³/mol. The van der Waals surface area contributed by atoms with Crippen molar-refractivity contribution in [2.24, 2.45) is 5.92 Å². The molecule has 2 aromatic heterocycles. The number of amides is 3. The summed E-state index contributed by atoms with van der Waals surface area (Å²) in [5.41, 5.74) is 7.76. The Morgan fingerprint density at radius 3 is 1.92 bits per heavy atom. The summed E-state index contributed by atoms with van der Waals surface area (Å²) in [4.78, 5) is 58.6. The second-order valence-corrected chi connectivity index (χ2v) is 14.5. The summed E-state index contributed by atoms with van der Waals surface area (Å²) in [6, 6.07) is 7.42. The number of likely N-dealkylation sites (tertiary alicyclic amines) is 2. The van der Waals surface area contributed by atoms with Crippen molar-refractivity contribution in [2.45, 2.75) is 90.6 Å². The maximum absolute atomic E-state index is 13.6. The van der Waals surface area contributed by atoms with E-state index in [0.717, 1.165) is 101 Å². The van der Waals surface area contributed by atoms with Gasteiger partial charge in [0.05, 0.1) is 43.0 Å². The Bertz CT molecular complexity index is 1980. The fourth-order valence-corrected chi connectivity index (χ4v) is 8.20. The van der Waals surface area contributed by atoms with Crippen LogP contribution in [-0.4, -0.2) is 73.9 Å². The average molecular weight is 708 g/mol. The molecule has 2 aromatic carbocycles. The summed E-state index contributed by atoms with van der Waals surface area (Å²) >= 11 is 0. The van der Waals surface area contributed by atoms with Gasteiger partial charge in [0.1, 0.15) is 42.4 Å². The van der Waals surface area contributed by atoms with Crippen LogP contribution in [0.4, 0.5) is 4.79 Å². The van der Waals surface area contributed by atoms with E-state index in [1.165, 1.54) is 7.11 Å². The molecule has 6 heterocycles. The number of aromatic nitrogens is 4. The number of benzene rings is 2. The SMILES string of the molecule is CCCC(=O)N1CCC[C@H]1c1ncc(-c2cc3c4c(c2)OCc2cc(-c5cnc([C@@H]6CCCN6C(=O)C(NC(=O)OC)C(C)C)[nH]5)cc(c2-4)OC3)[nH]1. The van der Waals surface area contributed by atoms with Crippen LogP contribution in [0.25, 0.3) is 33.6 Å². The van der Waals surface area contributed by atoms with Crippen LogP contribution in [0.3, 0.4) is 0 Å². The Hall–Kier alpha value is -5.33. The fraction of sp³-hybridized carbons (Fsp3) is 0.462. The molecule has 0 bridgehead atoms. The smallest absolute Gasteiger partial charge is 0.407 e. The molecular weight excluding hydrogens is 662 g/mol. The van der Waals surface area contributed by atoms with E-state index >= 15 is 0 Å². The first-order valence-electron chi connectivity index (χ1n) is 18.4. The van der Waals surface area contributed by atoms with E-state index in [1.807, 2.05) is 42.8 Å². The largest absolute Gasteiger partial charge is 0.488 e. The number of rotatable bonds is 9. The van der Waals surface area contributed by atoms with Crippen molar-refractivity contribution in [3.05, 3.63) is 59.4 Å². The maximum atomic E-state index is 13.6. The molecule has 8 rings (SSSR count). The van der Waals surface area contributed by atoms with Gasteiger partial charge in [-0.15, -0.1) is 0 Å². The second-order valence-electron chi connectivity index (χ2n) is 14.5. The van der Waals surface area contributed by atoms with Crippen LogP contribution in [0.5, 0.6) is 11.5 Å². The Morgan fingerprint density at radius 2 is 1.40 bits per heavy atom. The lowest BCUT2D eigenvalue weighted by molar-refractivity contribution is -0.135. The number of alkyl carbamates (subject to hydrolysis) is 1. The van der Waals surface area contributed by atoms with Gasteiger partial charge in [-0.2, -0.15) is 0 Å². The molecule has 3 atom stereocenters. The van der Waals surface area contributed by atoms with Crippen molar-refractivity contribution in [1.82, 2.24) is 35.1 Å². The highest BCUT2D eigenvalue weighted by molar-refractivity contribution is 5.89. The standard InChI is InChI=1S/C39H45N7O6/c1-5-8-32(47)45-11-6-9-28(45)36-40-17-26(42-36)22-13-24-19-52-31-16-23(14-25-20-51-30(15-22)33(24)34(25)31)27-18-41-37(43-27)29-10-7-12-46(29)38(48)35(21(2)3)44-39(49)50-4/h13-18,21,28-29,35H,5-12,19-20H2,1-4H3,(H,40,42)(H,41,43)(H,44,49)/t28-,29-,35?/m0/s1.